The number of hydrogen-bond acceptors (Lipinski definition) is 3. The summed E-state index contributed by atoms with van der Waals surface area (Å²) in [5, 5.41) is 14.3. The minimum atomic E-state index is 0.515. The molecule has 0 saturated carbocycles. The highest BCUT2D eigenvalue weighted by Gasteiger charge is 2.12. The van der Waals surface area contributed by atoms with Crippen LogP contribution in [0.25, 0.3) is 23.1 Å². The van der Waals surface area contributed by atoms with Crippen LogP contribution in [0.2, 0.25) is 0 Å². The standard InChI is InChI=1S/C24H20N4/c1-16-12-22(17(2)21-10-11-27-23(16)21)28-24-19(14-26-15-20(24)13-25)9-8-18-6-4-3-5-7-18/h3-12,14-15,27H,1-2H3,(H,26,28)/b9-8+. The maximum absolute atomic E-state index is 9.61. The Morgan fingerprint density at radius 2 is 1.89 bits per heavy atom. The number of hydrogen-bond donors (Lipinski definition) is 2. The van der Waals surface area contributed by atoms with Gasteiger partial charge in [0.2, 0.25) is 0 Å². The van der Waals surface area contributed by atoms with E-state index in [9.17, 15) is 5.26 Å². The highest BCUT2D eigenvalue weighted by atomic mass is 14.9. The first kappa shape index (κ1) is 17.6. The number of aromatic amines is 1. The van der Waals surface area contributed by atoms with Crippen molar-refractivity contribution in [2.24, 2.45) is 0 Å². The lowest BCUT2D eigenvalue weighted by atomic mass is 10.0. The van der Waals surface area contributed by atoms with E-state index in [0.717, 1.165) is 39.1 Å². The Labute approximate surface area is 164 Å². The van der Waals surface area contributed by atoms with E-state index in [1.807, 2.05) is 48.7 Å². The van der Waals surface area contributed by atoms with Crippen LogP contribution in [0.15, 0.2) is 61.1 Å². The number of rotatable bonds is 4. The lowest BCUT2D eigenvalue weighted by molar-refractivity contribution is 1.28. The first-order valence-corrected chi connectivity index (χ1v) is 9.13. The first-order chi connectivity index (χ1) is 13.7. The molecule has 4 rings (SSSR count). The Morgan fingerprint density at radius 3 is 2.68 bits per heavy atom. The van der Waals surface area contributed by atoms with E-state index >= 15 is 0 Å². The third-order valence-corrected chi connectivity index (χ3v) is 4.92. The van der Waals surface area contributed by atoms with Crippen LogP contribution in [-0.2, 0) is 0 Å². The Balaban J connectivity index is 1.78. The number of anilines is 2. The van der Waals surface area contributed by atoms with Gasteiger partial charge < -0.3 is 10.3 Å². The van der Waals surface area contributed by atoms with Gasteiger partial charge in [-0.05, 0) is 42.7 Å². The average molecular weight is 364 g/mol. The SMILES string of the molecule is Cc1c(Nc2c(C#N)cncc2/C=C/c2ccccc2)cc(C)c2[nH]ccc12. The molecule has 136 valence electrons. The number of H-pyrrole nitrogens is 1. The van der Waals surface area contributed by atoms with Gasteiger partial charge >= 0.3 is 0 Å². The number of nitriles is 1. The topological polar surface area (TPSA) is 64.5 Å². The normalized spacial score (nSPS) is 11.0. The van der Waals surface area contributed by atoms with Crippen LogP contribution < -0.4 is 5.32 Å². The fraction of sp³-hybridized carbons (Fsp3) is 0.0833. The molecular formula is C24H20N4. The summed E-state index contributed by atoms with van der Waals surface area (Å²) in [6.07, 6.45) is 9.34. The van der Waals surface area contributed by atoms with Gasteiger partial charge in [-0.15, -0.1) is 0 Å². The maximum Gasteiger partial charge on any atom is 0.103 e. The molecular weight excluding hydrogens is 344 g/mol. The third-order valence-electron chi connectivity index (χ3n) is 4.92. The minimum Gasteiger partial charge on any atom is -0.361 e. The molecule has 28 heavy (non-hydrogen) atoms. The molecule has 0 spiro atoms. The van der Waals surface area contributed by atoms with Crippen molar-refractivity contribution in [3.63, 3.8) is 0 Å². The zero-order chi connectivity index (χ0) is 19.5. The molecule has 0 atom stereocenters. The molecule has 0 unspecified atom stereocenters. The number of aromatic nitrogens is 2. The zero-order valence-electron chi connectivity index (χ0n) is 15.8. The van der Waals surface area contributed by atoms with Crippen LogP contribution in [0.3, 0.4) is 0 Å². The van der Waals surface area contributed by atoms with E-state index < -0.39 is 0 Å². The Morgan fingerprint density at radius 1 is 1.07 bits per heavy atom. The summed E-state index contributed by atoms with van der Waals surface area (Å²) in [6.45, 7) is 4.17. The Kier molecular flexibility index (Phi) is 4.65. The van der Waals surface area contributed by atoms with Crippen molar-refractivity contribution in [1.29, 1.82) is 5.26 Å². The molecule has 4 aromatic rings. The monoisotopic (exact) mass is 364 g/mol. The van der Waals surface area contributed by atoms with Gasteiger partial charge in [0.05, 0.1) is 11.3 Å². The van der Waals surface area contributed by atoms with E-state index in [4.69, 9.17) is 0 Å². The number of benzene rings is 2. The fourth-order valence-electron chi connectivity index (χ4n) is 3.39. The average Bonchev–Trinajstić information content (AvgIpc) is 3.22. The van der Waals surface area contributed by atoms with Gasteiger partial charge in [0, 0.05) is 40.7 Å². The summed E-state index contributed by atoms with van der Waals surface area (Å²) >= 11 is 0. The molecule has 0 aliphatic heterocycles. The van der Waals surface area contributed by atoms with E-state index in [-0.39, 0.29) is 0 Å². The smallest absolute Gasteiger partial charge is 0.103 e. The summed E-state index contributed by atoms with van der Waals surface area (Å²) in [4.78, 5) is 7.52. The molecule has 4 nitrogen and oxygen atoms in total. The van der Waals surface area contributed by atoms with E-state index in [1.54, 1.807) is 12.4 Å². The van der Waals surface area contributed by atoms with Crippen molar-refractivity contribution in [1.82, 2.24) is 9.97 Å². The molecule has 0 aliphatic rings. The summed E-state index contributed by atoms with van der Waals surface area (Å²) in [5.41, 5.74) is 7.67. The predicted molar refractivity (Wildman–Crippen MR) is 115 cm³/mol. The highest BCUT2D eigenvalue weighted by molar-refractivity contribution is 5.92. The number of nitrogens with one attached hydrogen (secondary N) is 2. The van der Waals surface area contributed by atoms with Gasteiger partial charge in [-0.1, -0.05) is 42.5 Å². The van der Waals surface area contributed by atoms with Gasteiger partial charge in [0.25, 0.3) is 0 Å². The second kappa shape index (κ2) is 7.42. The van der Waals surface area contributed by atoms with Crippen LogP contribution >= 0.6 is 0 Å². The van der Waals surface area contributed by atoms with Crippen molar-refractivity contribution in [3.05, 3.63) is 88.9 Å². The van der Waals surface area contributed by atoms with Crippen LogP contribution in [-0.4, -0.2) is 9.97 Å². The molecule has 2 N–H and O–H groups in total. The van der Waals surface area contributed by atoms with Crippen LogP contribution in [0.1, 0.15) is 27.8 Å². The Hall–Kier alpha value is -3.84. The van der Waals surface area contributed by atoms with Gasteiger partial charge in [0.15, 0.2) is 0 Å². The lowest BCUT2D eigenvalue weighted by Gasteiger charge is -2.15. The quantitative estimate of drug-likeness (QED) is 0.469. The molecule has 2 aromatic heterocycles. The van der Waals surface area contributed by atoms with Crippen molar-refractivity contribution in [3.8, 4) is 6.07 Å². The molecule has 2 aromatic carbocycles. The van der Waals surface area contributed by atoms with Crippen LogP contribution in [0.4, 0.5) is 11.4 Å². The second-order valence-corrected chi connectivity index (χ2v) is 6.76. The number of aryl methyl sites for hydroxylation is 2. The van der Waals surface area contributed by atoms with Crippen molar-refractivity contribution in [2.75, 3.05) is 5.32 Å². The van der Waals surface area contributed by atoms with E-state index in [2.05, 4.69) is 47.3 Å². The van der Waals surface area contributed by atoms with Crippen molar-refractivity contribution >= 4 is 34.4 Å². The summed E-state index contributed by atoms with van der Waals surface area (Å²) in [7, 11) is 0. The zero-order valence-corrected chi connectivity index (χ0v) is 15.8. The van der Waals surface area contributed by atoms with Crippen LogP contribution in [0.5, 0.6) is 0 Å². The van der Waals surface area contributed by atoms with E-state index in [0.29, 0.717) is 5.56 Å². The molecule has 0 aliphatic carbocycles. The minimum absolute atomic E-state index is 0.515. The number of fused-ring (bicyclic) bond motifs is 1. The van der Waals surface area contributed by atoms with Gasteiger partial charge in [-0.3, -0.25) is 4.98 Å². The van der Waals surface area contributed by atoms with Crippen molar-refractivity contribution < 1.29 is 0 Å². The predicted octanol–water partition coefficient (Wildman–Crippen LogP) is 5.97. The maximum atomic E-state index is 9.61. The molecule has 0 amide bonds. The molecule has 0 fully saturated rings. The van der Waals surface area contributed by atoms with Crippen LogP contribution in [0, 0.1) is 25.2 Å². The second-order valence-electron chi connectivity index (χ2n) is 6.76. The molecule has 0 radical (unpaired) electrons. The lowest BCUT2D eigenvalue weighted by Crippen LogP contribution is -2.00. The third kappa shape index (κ3) is 3.26. The Bertz CT molecular complexity index is 1210. The fourth-order valence-corrected chi connectivity index (χ4v) is 3.39. The molecule has 0 bridgehead atoms. The van der Waals surface area contributed by atoms with Gasteiger partial charge in [0.1, 0.15) is 6.07 Å². The summed E-state index contributed by atoms with van der Waals surface area (Å²) in [5.74, 6) is 0. The largest absolute Gasteiger partial charge is 0.361 e. The van der Waals surface area contributed by atoms with E-state index in [1.165, 1.54) is 5.39 Å². The molecule has 4 heteroatoms. The number of pyridine rings is 1. The summed E-state index contributed by atoms with van der Waals surface area (Å²) in [6, 6.07) is 16.5. The number of nitrogens with zero attached hydrogens (tertiary/aromatic N) is 2. The van der Waals surface area contributed by atoms with Crippen molar-refractivity contribution in [2.45, 2.75) is 13.8 Å². The van der Waals surface area contributed by atoms with Gasteiger partial charge in [-0.2, -0.15) is 5.26 Å². The molecule has 2 heterocycles. The van der Waals surface area contributed by atoms with Gasteiger partial charge in [-0.25, -0.2) is 0 Å². The first-order valence-electron chi connectivity index (χ1n) is 9.13. The highest BCUT2D eigenvalue weighted by Crippen LogP contribution is 2.32. The summed E-state index contributed by atoms with van der Waals surface area (Å²) < 4.78 is 0. The molecule has 0 saturated heterocycles.